The van der Waals surface area contributed by atoms with Gasteiger partial charge in [0.25, 0.3) is 0 Å². The van der Waals surface area contributed by atoms with Gasteiger partial charge in [0.15, 0.2) is 0 Å². The van der Waals surface area contributed by atoms with Gasteiger partial charge < -0.3 is 15.3 Å². The van der Waals surface area contributed by atoms with Crippen LogP contribution in [0.5, 0.6) is 0 Å². The van der Waals surface area contributed by atoms with E-state index in [4.69, 9.17) is 0 Å². The fourth-order valence-electron chi connectivity index (χ4n) is 3.61. The third-order valence-corrected chi connectivity index (χ3v) is 5.10. The van der Waals surface area contributed by atoms with E-state index in [1.54, 1.807) is 0 Å². The number of anilines is 1. The number of aliphatic hydroxyl groups is 1. The van der Waals surface area contributed by atoms with E-state index in [2.05, 4.69) is 25.1 Å². The molecule has 128 valence electrons. The first-order valence-corrected chi connectivity index (χ1v) is 8.80. The summed E-state index contributed by atoms with van der Waals surface area (Å²) < 4.78 is 0. The molecule has 0 spiro atoms. The van der Waals surface area contributed by atoms with E-state index in [-0.39, 0.29) is 6.10 Å². The van der Waals surface area contributed by atoms with E-state index >= 15 is 0 Å². The van der Waals surface area contributed by atoms with Crippen LogP contribution in [0.25, 0.3) is 0 Å². The molecule has 23 heavy (non-hydrogen) atoms. The minimum atomic E-state index is -0.191. The van der Waals surface area contributed by atoms with Crippen LogP contribution in [-0.2, 0) is 0 Å². The molecule has 3 rings (SSSR count). The Morgan fingerprint density at radius 1 is 1.22 bits per heavy atom. The molecule has 2 saturated heterocycles. The molecule has 0 aliphatic carbocycles. The second kappa shape index (κ2) is 7.55. The van der Waals surface area contributed by atoms with Gasteiger partial charge in [-0.2, -0.15) is 0 Å². The predicted octanol–water partition coefficient (Wildman–Crippen LogP) is 0.576. The van der Waals surface area contributed by atoms with E-state index < -0.39 is 0 Å². The number of hydrogen-bond acceptors (Lipinski definition) is 6. The second-order valence-corrected chi connectivity index (χ2v) is 6.86. The number of aromatic nitrogens is 2. The molecule has 2 aliphatic rings. The summed E-state index contributed by atoms with van der Waals surface area (Å²) >= 11 is 0. The van der Waals surface area contributed by atoms with Gasteiger partial charge in [-0.15, -0.1) is 0 Å². The molecule has 2 fully saturated rings. The Morgan fingerprint density at radius 3 is 2.61 bits per heavy atom. The normalized spacial score (nSPS) is 22.3. The Kier molecular flexibility index (Phi) is 5.46. The van der Waals surface area contributed by atoms with Crippen molar-refractivity contribution in [3.8, 4) is 0 Å². The smallest absolute Gasteiger partial charge is 0.150 e. The van der Waals surface area contributed by atoms with E-state index in [1.807, 2.05) is 20.0 Å². The third kappa shape index (κ3) is 4.19. The zero-order valence-electron chi connectivity index (χ0n) is 14.3. The van der Waals surface area contributed by atoms with Crippen LogP contribution < -0.4 is 10.2 Å². The number of nitrogens with zero attached hydrogens (tertiary/aromatic N) is 4. The van der Waals surface area contributed by atoms with Crippen LogP contribution in [0.2, 0.25) is 0 Å². The van der Waals surface area contributed by atoms with Crippen molar-refractivity contribution in [2.75, 3.05) is 50.7 Å². The maximum Gasteiger partial charge on any atom is 0.150 e. The van der Waals surface area contributed by atoms with Crippen LogP contribution in [0.15, 0.2) is 6.20 Å². The molecule has 2 N–H and O–H groups in total. The lowest BCUT2D eigenvalue weighted by Crippen LogP contribution is -2.50. The van der Waals surface area contributed by atoms with E-state index in [0.29, 0.717) is 5.92 Å². The van der Waals surface area contributed by atoms with Crippen molar-refractivity contribution in [3.63, 3.8) is 0 Å². The van der Waals surface area contributed by atoms with Crippen molar-refractivity contribution in [1.82, 2.24) is 20.2 Å². The average molecular weight is 319 g/mol. The monoisotopic (exact) mass is 319 g/mol. The summed E-state index contributed by atoms with van der Waals surface area (Å²) in [4.78, 5) is 13.8. The molecule has 6 heteroatoms. The minimum Gasteiger partial charge on any atom is -0.392 e. The molecule has 3 heterocycles. The van der Waals surface area contributed by atoms with Crippen molar-refractivity contribution in [1.29, 1.82) is 0 Å². The van der Waals surface area contributed by atoms with Crippen molar-refractivity contribution in [2.45, 2.75) is 32.8 Å². The van der Waals surface area contributed by atoms with Gasteiger partial charge in [0.1, 0.15) is 5.82 Å². The molecule has 2 aliphatic heterocycles. The molecule has 0 aromatic carbocycles. The standard InChI is InChI=1S/C17H29N5O/c1-13-11-19-14(2)17(20-13)22-9-7-21(8-10-22)12-16(23)15-3-5-18-6-4-15/h11,15-16,18,23H,3-10,12H2,1-2H3. The SMILES string of the molecule is Cc1cnc(C)c(N2CCN(CC(O)C3CCNCC3)CC2)n1. The van der Waals surface area contributed by atoms with E-state index in [1.165, 1.54) is 0 Å². The number of β-amino-alcohol motifs (C(OH)–C–C–N with tert-alkyl or cyclic N) is 1. The van der Waals surface area contributed by atoms with Crippen LogP contribution in [0, 0.1) is 19.8 Å². The molecular weight excluding hydrogens is 290 g/mol. The molecule has 6 nitrogen and oxygen atoms in total. The Balaban J connectivity index is 1.51. The van der Waals surface area contributed by atoms with E-state index in [0.717, 1.165) is 75.9 Å². The highest BCUT2D eigenvalue weighted by atomic mass is 16.3. The zero-order valence-corrected chi connectivity index (χ0v) is 14.3. The average Bonchev–Trinajstić information content (AvgIpc) is 2.58. The Hall–Kier alpha value is -1.24. The van der Waals surface area contributed by atoms with Gasteiger partial charge in [0.05, 0.1) is 17.5 Å². The lowest BCUT2D eigenvalue weighted by atomic mass is 9.92. The molecule has 0 saturated carbocycles. The van der Waals surface area contributed by atoms with Gasteiger partial charge in [-0.3, -0.25) is 9.88 Å². The number of hydrogen-bond donors (Lipinski definition) is 2. The Morgan fingerprint density at radius 2 is 1.91 bits per heavy atom. The van der Waals surface area contributed by atoms with Gasteiger partial charge in [-0.25, -0.2) is 4.98 Å². The first-order valence-electron chi connectivity index (χ1n) is 8.80. The molecule has 0 amide bonds. The summed E-state index contributed by atoms with van der Waals surface area (Å²) in [6.07, 6.45) is 3.83. The lowest BCUT2D eigenvalue weighted by Gasteiger charge is -2.38. The molecule has 0 bridgehead atoms. The first kappa shape index (κ1) is 16.6. The number of piperidine rings is 1. The van der Waals surface area contributed by atoms with Crippen molar-refractivity contribution in [3.05, 3.63) is 17.6 Å². The van der Waals surface area contributed by atoms with Crippen molar-refractivity contribution in [2.24, 2.45) is 5.92 Å². The third-order valence-electron chi connectivity index (χ3n) is 5.10. The number of piperazine rings is 1. The minimum absolute atomic E-state index is 0.191. The maximum absolute atomic E-state index is 10.5. The predicted molar refractivity (Wildman–Crippen MR) is 91.8 cm³/mol. The number of rotatable bonds is 4. The topological polar surface area (TPSA) is 64.5 Å². The molecule has 1 aromatic rings. The highest BCUT2D eigenvalue weighted by molar-refractivity contribution is 5.43. The van der Waals surface area contributed by atoms with Gasteiger partial charge in [-0.1, -0.05) is 0 Å². The van der Waals surface area contributed by atoms with Gasteiger partial charge in [0, 0.05) is 38.9 Å². The fourth-order valence-corrected chi connectivity index (χ4v) is 3.61. The van der Waals surface area contributed by atoms with Crippen molar-refractivity contribution < 1.29 is 5.11 Å². The van der Waals surface area contributed by atoms with E-state index in [9.17, 15) is 5.11 Å². The Labute approximate surface area is 138 Å². The summed E-state index contributed by atoms with van der Waals surface area (Å²) in [5, 5.41) is 13.8. The van der Waals surface area contributed by atoms with Crippen LogP contribution in [0.3, 0.4) is 0 Å². The molecule has 1 unspecified atom stereocenters. The quantitative estimate of drug-likeness (QED) is 0.846. The fraction of sp³-hybridized carbons (Fsp3) is 0.765. The van der Waals surface area contributed by atoms with Crippen molar-refractivity contribution >= 4 is 5.82 Å². The highest BCUT2D eigenvalue weighted by Crippen LogP contribution is 2.20. The molecule has 1 atom stereocenters. The van der Waals surface area contributed by atoms with Gasteiger partial charge >= 0.3 is 0 Å². The first-order chi connectivity index (χ1) is 11.1. The summed E-state index contributed by atoms with van der Waals surface area (Å²) in [6, 6.07) is 0. The number of aliphatic hydroxyl groups excluding tert-OH is 1. The lowest BCUT2D eigenvalue weighted by molar-refractivity contribution is 0.0487. The summed E-state index contributed by atoms with van der Waals surface area (Å²) in [6.45, 7) is 10.8. The van der Waals surface area contributed by atoms with Crippen LogP contribution >= 0.6 is 0 Å². The summed E-state index contributed by atoms with van der Waals surface area (Å²) in [5.41, 5.74) is 1.97. The molecule has 0 radical (unpaired) electrons. The maximum atomic E-state index is 10.5. The van der Waals surface area contributed by atoms with Crippen LogP contribution in [0.4, 0.5) is 5.82 Å². The molecule has 1 aromatic heterocycles. The summed E-state index contributed by atoms with van der Waals surface area (Å²) in [5.74, 6) is 1.47. The van der Waals surface area contributed by atoms with Crippen LogP contribution in [0.1, 0.15) is 24.2 Å². The number of aryl methyl sites for hydroxylation is 2. The number of nitrogens with one attached hydrogen (secondary N) is 1. The Bertz CT molecular complexity index is 510. The second-order valence-electron chi connectivity index (χ2n) is 6.86. The van der Waals surface area contributed by atoms with Gasteiger partial charge in [-0.05, 0) is 45.7 Å². The van der Waals surface area contributed by atoms with Gasteiger partial charge in [0.2, 0.25) is 0 Å². The largest absolute Gasteiger partial charge is 0.392 e. The zero-order chi connectivity index (χ0) is 16.2. The van der Waals surface area contributed by atoms with Crippen LogP contribution in [-0.4, -0.2) is 71.9 Å². The highest BCUT2D eigenvalue weighted by Gasteiger charge is 2.26. The summed E-state index contributed by atoms with van der Waals surface area (Å²) in [7, 11) is 0. The molecular formula is C17H29N5O.